The van der Waals surface area contributed by atoms with E-state index in [-0.39, 0.29) is 12.1 Å². The number of hydrogen-bond donors (Lipinski definition) is 0. The second kappa shape index (κ2) is 7.50. The van der Waals surface area contributed by atoms with E-state index in [1.54, 1.807) is 0 Å². The topological polar surface area (TPSA) is 32.8 Å². The lowest BCUT2D eigenvalue weighted by molar-refractivity contribution is -0.160. The van der Waals surface area contributed by atoms with Gasteiger partial charge in [-0.3, -0.25) is 4.90 Å². The number of rotatable bonds is 5. The number of nitrogens with zero attached hydrogens (tertiary/aromatic N) is 2. The number of hydrogen-bond acceptors (Lipinski definition) is 4. The van der Waals surface area contributed by atoms with Crippen molar-refractivity contribution in [1.82, 2.24) is 4.90 Å². The lowest BCUT2D eigenvalue weighted by Crippen LogP contribution is -2.52. The number of benzene rings is 2. The number of carbonyl (C=O) groups excluding carboxylic acids is 1. The summed E-state index contributed by atoms with van der Waals surface area (Å²) in [5, 5.41) is 0. The maximum Gasteiger partial charge on any atom is 0.333 e. The number of anilines is 1. The normalized spacial score (nSPS) is 25.5. The Balaban J connectivity index is 1.57. The Bertz CT molecular complexity index is 726. The van der Waals surface area contributed by atoms with Crippen LogP contribution in [0.2, 0.25) is 0 Å². The highest BCUT2D eigenvalue weighted by molar-refractivity contribution is 5.82. The Morgan fingerprint density at radius 1 is 1.04 bits per heavy atom. The van der Waals surface area contributed by atoms with E-state index in [0.717, 1.165) is 43.7 Å². The first-order chi connectivity index (χ1) is 12.7. The van der Waals surface area contributed by atoms with E-state index in [1.165, 1.54) is 0 Å². The second-order valence-corrected chi connectivity index (χ2v) is 7.37. The van der Waals surface area contributed by atoms with Crippen LogP contribution in [0.25, 0.3) is 0 Å². The summed E-state index contributed by atoms with van der Waals surface area (Å²) >= 11 is 0. The highest BCUT2D eigenvalue weighted by Gasteiger charge is 2.38. The fraction of sp³-hybridized carbons (Fsp3) is 0.409. The Labute approximate surface area is 155 Å². The summed E-state index contributed by atoms with van der Waals surface area (Å²) in [6.45, 7) is 3.17. The van der Waals surface area contributed by atoms with E-state index < -0.39 is 6.04 Å². The van der Waals surface area contributed by atoms with Crippen molar-refractivity contribution in [1.29, 1.82) is 0 Å². The minimum atomic E-state index is -0.436. The molecule has 0 radical (unpaired) electrons. The van der Waals surface area contributed by atoms with Crippen LogP contribution in [0.5, 0.6) is 0 Å². The number of carbonyl (C=O) groups is 1. The van der Waals surface area contributed by atoms with Gasteiger partial charge in [-0.15, -0.1) is 0 Å². The van der Waals surface area contributed by atoms with Gasteiger partial charge in [0.05, 0.1) is 0 Å². The number of esters is 1. The van der Waals surface area contributed by atoms with Crippen molar-refractivity contribution in [3.05, 3.63) is 66.2 Å². The van der Waals surface area contributed by atoms with Crippen LogP contribution in [-0.2, 0) is 9.53 Å². The summed E-state index contributed by atoms with van der Waals surface area (Å²) in [5.41, 5.74) is 1.97. The molecular weight excluding hydrogens is 324 g/mol. The molecule has 136 valence electrons. The quantitative estimate of drug-likeness (QED) is 0.773. The Morgan fingerprint density at radius 3 is 2.23 bits per heavy atom. The number of piperidine rings is 3. The SMILES string of the molecule is CN(c1ccccc1)C(C(=O)OC1CN2CCC1CC2)c1ccccc1. The van der Waals surface area contributed by atoms with Gasteiger partial charge in [0.15, 0.2) is 6.04 Å². The van der Waals surface area contributed by atoms with E-state index in [0.29, 0.717) is 5.92 Å². The Kier molecular flexibility index (Phi) is 4.93. The number of fused-ring (bicyclic) bond motifs is 3. The predicted molar refractivity (Wildman–Crippen MR) is 103 cm³/mol. The molecule has 2 bridgehead atoms. The monoisotopic (exact) mass is 350 g/mol. The summed E-state index contributed by atoms with van der Waals surface area (Å²) in [6.07, 6.45) is 2.31. The van der Waals surface area contributed by atoms with E-state index in [2.05, 4.69) is 4.90 Å². The summed E-state index contributed by atoms with van der Waals surface area (Å²) < 4.78 is 6.06. The largest absolute Gasteiger partial charge is 0.459 e. The standard InChI is InChI=1S/C22H26N2O2/c1-23(19-10-6-3-7-11-19)21(18-8-4-2-5-9-18)22(25)26-20-16-24-14-12-17(20)13-15-24/h2-11,17,20-21H,12-16H2,1H3. The van der Waals surface area contributed by atoms with Crippen LogP contribution in [0.3, 0.4) is 0 Å². The third-order valence-corrected chi connectivity index (χ3v) is 5.75. The molecule has 26 heavy (non-hydrogen) atoms. The second-order valence-electron chi connectivity index (χ2n) is 7.37. The van der Waals surface area contributed by atoms with Crippen molar-refractivity contribution < 1.29 is 9.53 Å². The summed E-state index contributed by atoms with van der Waals surface area (Å²) in [5.74, 6) is 0.365. The first-order valence-electron chi connectivity index (χ1n) is 9.48. The molecule has 3 saturated heterocycles. The average molecular weight is 350 g/mol. The Morgan fingerprint density at radius 2 is 1.65 bits per heavy atom. The van der Waals surface area contributed by atoms with Gasteiger partial charge < -0.3 is 9.64 Å². The van der Waals surface area contributed by atoms with Crippen LogP contribution in [0.15, 0.2) is 60.7 Å². The van der Waals surface area contributed by atoms with Crippen LogP contribution in [-0.4, -0.2) is 43.7 Å². The average Bonchev–Trinajstić information content (AvgIpc) is 2.70. The maximum atomic E-state index is 13.2. The molecule has 3 aliphatic rings. The van der Waals surface area contributed by atoms with Gasteiger partial charge in [-0.2, -0.15) is 0 Å². The van der Waals surface area contributed by atoms with E-state index in [1.807, 2.05) is 72.6 Å². The molecule has 4 nitrogen and oxygen atoms in total. The predicted octanol–water partition coefficient (Wildman–Crippen LogP) is 3.50. The van der Waals surface area contributed by atoms with Crippen LogP contribution in [0.1, 0.15) is 24.4 Å². The van der Waals surface area contributed by atoms with Crippen LogP contribution in [0, 0.1) is 5.92 Å². The van der Waals surface area contributed by atoms with Crippen LogP contribution in [0.4, 0.5) is 5.69 Å². The molecule has 3 fully saturated rings. The van der Waals surface area contributed by atoms with Gasteiger partial charge in [0.1, 0.15) is 6.10 Å². The van der Waals surface area contributed by atoms with Crippen molar-refractivity contribution in [3.63, 3.8) is 0 Å². The van der Waals surface area contributed by atoms with Crippen molar-refractivity contribution >= 4 is 11.7 Å². The van der Waals surface area contributed by atoms with E-state index in [4.69, 9.17) is 4.74 Å². The summed E-state index contributed by atoms with van der Waals surface area (Å²) in [7, 11) is 1.96. The molecule has 4 heteroatoms. The minimum absolute atomic E-state index is 0.0281. The molecule has 3 aliphatic heterocycles. The minimum Gasteiger partial charge on any atom is -0.459 e. The van der Waals surface area contributed by atoms with Crippen LogP contribution < -0.4 is 4.90 Å². The first kappa shape index (κ1) is 17.1. The van der Waals surface area contributed by atoms with Gasteiger partial charge in [0, 0.05) is 19.3 Å². The molecule has 0 amide bonds. The molecule has 2 unspecified atom stereocenters. The third kappa shape index (κ3) is 3.47. The lowest BCUT2D eigenvalue weighted by atomic mass is 9.86. The highest BCUT2D eigenvalue weighted by Crippen LogP contribution is 2.32. The molecule has 2 aromatic rings. The summed E-state index contributed by atoms with van der Waals surface area (Å²) in [6, 6.07) is 19.5. The van der Waals surface area contributed by atoms with Gasteiger partial charge in [0.2, 0.25) is 0 Å². The molecular formula is C22H26N2O2. The zero-order valence-corrected chi connectivity index (χ0v) is 15.3. The molecule has 2 atom stereocenters. The van der Waals surface area contributed by atoms with Gasteiger partial charge in [0.25, 0.3) is 0 Å². The van der Waals surface area contributed by atoms with E-state index in [9.17, 15) is 4.79 Å². The van der Waals surface area contributed by atoms with Gasteiger partial charge in [-0.25, -0.2) is 4.79 Å². The molecule has 0 saturated carbocycles. The molecule has 0 aliphatic carbocycles. The molecule has 5 rings (SSSR count). The van der Waals surface area contributed by atoms with Gasteiger partial charge >= 0.3 is 5.97 Å². The van der Waals surface area contributed by atoms with Gasteiger partial charge in [-0.05, 0) is 49.5 Å². The zero-order chi connectivity index (χ0) is 17.9. The fourth-order valence-corrected chi connectivity index (χ4v) is 4.22. The number of likely N-dealkylation sites (N-methyl/N-ethyl adjacent to an activating group) is 1. The maximum absolute atomic E-state index is 13.2. The third-order valence-electron chi connectivity index (χ3n) is 5.75. The fourth-order valence-electron chi connectivity index (χ4n) is 4.22. The molecule has 0 spiro atoms. The number of ether oxygens (including phenoxy) is 1. The van der Waals surface area contributed by atoms with Crippen molar-refractivity contribution in [2.24, 2.45) is 5.92 Å². The first-order valence-corrected chi connectivity index (χ1v) is 9.48. The van der Waals surface area contributed by atoms with Crippen molar-refractivity contribution in [2.75, 3.05) is 31.6 Å². The van der Waals surface area contributed by atoms with Crippen LogP contribution >= 0.6 is 0 Å². The van der Waals surface area contributed by atoms with Gasteiger partial charge in [-0.1, -0.05) is 48.5 Å². The molecule has 2 aromatic carbocycles. The zero-order valence-electron chi connectivity index (χ0n) is 15.3. The lowest BCUT2D eigenvalue weighted by Gasteiger charge is -2.44. The van der Waals surface area contributed by atoms with Crippen molar-refractivity contribution in [2.45, 2.75) is 25.0 Å². The number of para-hydroxylation sites is 1. The van der Waals surface area contributed by atoms with Crippen molar-refractivity contribution in [3.8, 4) is 0 Å². The van der Waals surface area contributed by atoms with E-state index >= 15 is 0 Å². The summed E-state index contributed by atoms with van der Waals surface area (Å²) in [4.78, 5) is 17.6. The molecule has 3 heterocycles. The highest BCUT2D eigenvalue weighted by atomic mass is 16.5. The Hall–Kier alpha value is -2.33. The molecule has 0 N–H and O–H groups in total. The molecule has 0 aromatic heterocycles. The smallest absolute Gasteiger partial charge is 0.333 e.